The lowest BCUT2D eigenvalue weighted by atomic mass is 9.85. The molecular weight excluding hydrogens is 592 g/mol. The van der Waals surface area contributed by atoms with E-state index >= 15 is 0 Å². The Bertz CT molecular complexity index is 1810. The van der Waals surface area contributed by atoms with E-state index in [1.54, 1.807) is 12.1 Å². The summed E-state index contributed by atoms with van der Waals surface area (Å²) in [5.74, 6) is 1.99. The molecule has 1 fully saturated rings. The van der Waals surface area contributed by atoms with Gasteiger partial charge in [-0.15, -0.1) is 10.2 Å². The molecular formula is C36H44N8O3. The number of hydrogen-bond donors (Lipinski definition) is 4. The van der Waals surface area contributed by atoms with Gasteiger partial charge in [0.25, 0.3) is 0 Å². The second-order valence-electron chi connectivity index (χ2n) is 13.4. The maximum absolute atomic E-state index is 13.4. The van der Waals surface area contributed by atoms with Gasteiger partial charge in [-0.25, -0.2) is 9.79 Å². The Hall–Kier alpha value is -4.74. The number of fused-ring (bicyclic) bond motifs is 2. The van der Waals surface area contributed by atoms with Gasteiger partial charge in [0.05, 0.1) is 30.6 Å². The number of urea groups is 1. The molecule has 6 rings (SSSR count). The van der Waals surface area contributed by atoms with Gasteiger partial charge in [0, 0.05) is 17.2 Å². The monoisotopic (exact) mass is 636 g/mol. The van der Waals surface area contributed by atoms with Crippen molar-refractivity contribution in [2.45, 2.75) is 71.2 Å². The van der Waals surface area contributed by atoms with Crippen molar-refractivity contribution in [3.8, 4) is 5.75 Å². The lowest BCUT2D eigenvalue weighted by molar-refractivity contribution is 0.171. The number of benzene rings is 2. The third kappa shape index (κ3) is 7.31. The van der Waals surface area contributed by atoms with E-state index in [9.17, 15) is 9.90 Å². The molecule has 2 aromatic heterocycles. The zero-order chi connectivity index (χ0) is 33.1. The summed E-state index contributed by atoms with van der Waals surface area (Å²) in [6.07, 6.45) is 7.11. The summed E-state index contributed by atoms with van der Waals surface area (Å²) in [5.41, 5.74) is 10.8. The highest BCUT2D eigenvalue weighted by atomic mass is 16.5. The number of nitrogens with zero attached hydrogens (tertiary/aromatic N) is 5. The summed E-state index contributed by atoms with van der Waals surface area (Å²) in [5, 5.41) is 24.5. The molecule has 0 bridgehead atoms. The Morgan fingerprint density at radius 3 is 2.64 bits per heavy atom. The standard InChI is InChI=1S/C36H44N8O3/c1-36(2,3)31(37)20-32(38-24-10-7-9-23(19-24)22-45)40-35(46)39-28-15-16-30(27-12-6-5-11-26(27)28)47-25-14-17-33-41-42-34(44(33)21-25)29-13-8-18-43(29)4/h5-7,9-12,14,17,19-21,28-30,45H,8,13,15-16,18,22,37H2,1-4H3,(H2,38,39,40,46)/b31-20-/t28-,29-,30+/m0/s1. The molecule has 0 saturated carbocycles. The molecule has 0 radical (unpaired) electrons. The number of aliphatic hydroxyl groups excluding tert-OH is 1. The van der Waals surface area contributed by atoms with Crippen LogP contribution in [0, 0.1) is 5.41 Å². The number of aliphatic hydroxyl groups is 1. The summed E-state index contributed by atoms with van der Waals surface area (Å²) in [7, 11) is 2.13. The number of ether oxygens (including phenoxy) is 1. The number of rotatable bonds is 7. The number of likely N-dealkylation sites (tertiary alicyclic amines) is 1. The van der Waals surface area contributed by atoms with Crippen LogP contribution in [0.25, 0.3) is 5.65 Å². The molecule has 2 aliphatic rings. The molecule has 3 atom stereocenters. The number of allylic oxidation sites excluding steroid dienone is 1. The highest BCUT2D eigenvalue weighted by Crippen LogP contribution is 2.39. The Balaban J connectivity index is 1.19. The number of amidine groups is 1. The number of amides is 2. The minimum Gasteiger partial charge on any atom is -0.484 e. The summed E-state index contributed by atoms with van der Waals surface area (Å²) >= 11 is 0. The fraction of sp³-hybridized carbons (Fsp3) is 0.389. The lowest BCUT2D eigenvalue weighted by Gasteiger charge is -2.32. The van der Waals surface area contributed by atoms with Gasteiger partial charge in [-0.1, -0.05) is 57.2 Å². The Morgan fingerprint density at radius 2 is 1.89 bits per heavy atom. The van der Waals surface area contributed by atoms with E-state index in [0.29, 0.717) is 30.1 Å². The largest absolute Gasteiger partial charge is 0.484 e. The molecule has 1 saturated heterocycles. The van der Waals surface area contributed by atoms with Crippen LogP contribution in [0.15, 0.2) is 83.6 Å². The Kier molecular flexibility index (Phi) is 9.28. The third-order valence-corrected chi connectivity index (χ3v) is 8.98. The van der Waals surface area contributed by atoms with Gasteiger partial charge in [-0.2, -0.15) is 0 Å². The van der Waals surface area contributed by atoms with Crippen LogP contribution in [0.3, 0.4) is 0 Å². The predicted molar refractivity (Wildman–Crippen MR) is 182 cm³/mol. The number of nitrogens with two attached hydrogens (primary N) is 1. The average molecular weight is 637 g/mol. The van der Waals surface area contributed by atoms with E-state index in [0.717, 1.165) is 53.3 Å². The van der Waals surface area contributed by atoms with Crippen molar-refractivity contribution in [3.05, 3.63) is 101 Å². The van der Waals surface area contributed by atoms with Crippen molar-refractivity contribution in [3.63, 3.8) is 0 Å². The number of carbonyl (C=O) groups excluding carboxylic acids is 1. The number of aliphatic imine (C=N–C) groups is 1. The first-order valence-corrected chi connectivity index (χ1v) is 16.2. The van der Waals surface area contributed by atoms with Crippen LogP contribution < -0.4 is 21.1 Å². The van der Waals surface area contributed by atoms with Gasteiger partial charge >= 0.3 is 6.03 Å². The van der Waals surface area contributed by atoms with E-state index in [2.05, 4.69) is 43.8 Å². The van der Waals surface area contributed by atoms with E-state index in [-0.39, 0.29) is 36.2 Å². The molecule has 4 aromatic rings. The number of aromatic nitrogens is 3. The topological polar surface area (TPSA) is 142 Å². The molecule has 11 nitrogen and oxygen atoms in total. The molecule has 0 unspecified atom stereocenters. The quantitative estimate of drug-likeness (QED) is 0.147. The molecule has 1 aliphatic heterocycles. The van der Waals surface area contributed by atoms with Crippen LogP contribution in [0.1, 0.15) is 87.2 Å². The SMILES string of the molecule is CN1CCC[C@H]1c1nnc2ccc(O[C@@H]3CC[C@H](NC(=O)NC(/C=C(\N)C(C)(C)C)=Nc4cccc(CO)c4)c4ccccc43)cn12. The van der Waals surface area contributed by atoms with Gasteiger partial charge in [-0.05, 0) is 80.2 Å². The zero-order valence-corrected chi connectivity index (χ0v) is 27.5. The first-order chi connectivity index (χ1) is 22.6. The molecule has 1 aliphatic carbocycles. The average Bonchev–Trinajstić information content (AvgIpc) is 3.66. The zero-order valence-electron chi connectivity index (χ0n) is 27.5. The molecule has 11 heteroatoms. The van der Waals surface area contributed by atoms with Gasteiger partial charge in [0.15, 0.2) is 11.5 Å². The van der Waals surface area contributed by atoms with Crippen LogP contribution in [-0.4, -0.2) is 50.1 Å². The molecule has 47 heavy (non-hydrogen) atoms. The van der Waals surface area contributed by atoms with Gasteiger partial charge in [0.1, 0.15) is 17.7 Å². The van der Waals surface area contributed by atoms with Crippen molar-refractivity contribution in [2.75, 3.05) is 13.6 Å². The molecule has 2 aromatic carbocycles. The van der Waals surface area contributed by atoms with Crippen molar-refractivity contribution >= 4 is 23.2 Å². The van der Waals surface area contributed by atoms with E-state index in [1.165, 1.54) is 0 Å². The fourth-order valence-electron chi connectivity index (χ4n) is 6.24. The maximum atomic E-state index is 13.4. The Labute approximate surface area is 275 Å². The summed E-state index contributed by atoms with van der Waals surface area (Å²) in [6.45, 7) is 6.94. The van der Waals surface area contributed by atoms with Crippen LogP contribution in [0.2, 0.25) is 0 Å². The minimum atomic E-state index is -0.387. The highest BCUT2D eigenvalue weighted by molar-refractivity contribution is 6.05. The fourth-order valence-corrected chi connectivity index (χ4v) is 6.24. The minimum absolute atomic E-state index is 0.104. The van der Waals surface area contributed by atoms with Gasteiger partial charge < -0.3 is 20.9 Å². The van der Waals surface area contributed by atoms with Crippen LogP contribution in [0.4, 0.5) is 10.5 Å². The number of hydrogen-bond acceptors (Lipinski definition) is 8. The van der Waals surface area contributed by atoms with Gasteiger partial charge in [-0.3, -0.25) is 14.6 Å². The van der Waals surface area contributed by atoms with Crippen LogP contribution >= 0.6 is 0 Å². The van der Waals surface area contributed by atoms with Crippen molar-refractivity contribution in [1.29, 1.82) is 0 Å². The maximum Gasteiger partial charge on any atom is 0.320 e. The summed E-state index contributed by atoms with van der Waals surface area (Å²) in [6, 6.07) is 18.8. The van der Waals surface area contributed by atoms with E-state index in [1.807, 2.05) is 79.9 Å². The highest BCUT2D eigenvalue weighted by Gasteiger charge is 2.31. The molecule has 3 heterocycles. The van der Waals surface area contributed by atoms with Crippen LogP contribution in [0.5, 0.6) is 5.75 Å². The van der Waals surface area contributed by atoms with Crippen molar-refractivity contribution in [1.82, 2.24) is 30.1 Å². The second kappa shape index (κ2) is 13.5. The predicted octanol–water partition coefficient (Wildman–Crippen LogP) is 5.86. The molecule has 246 valence electrons. The molecule has 2 amide bonds. The van der Waals surface area contributed by atoms with Gasteiger partial charge in [0.2, 0.25) is 0 Å². The van der Waals surface area contributed by atoms with Crippen molar-refractivity contribution < 1.29 is 14.6 Å². The van der Waals surface area contributed by atoms with E-state index in [4.69, 9.17) is 10.5 Å². The first kappa shape index (κ1) is 32.2. The van der Waals surface area contributed by atoms with Crippen molar-refractivity contribution in [2.24, 2.45) is 16.1 Å². The normalized spacial score (nSPS) is 20.7. The summed E-state index contributed by atoms with van der Waals surface area (Å²) in [4.78, 5) is 20.4. The molecule has 0 spiro atoms. The number of carbonyl (C=O) groups is 1. The lowest BCUT2D eigenvalue weighted by Crippen LogP contribution is -2.42. The smallest absolute Gasteiger partial charge is 0.320 e. The number of pyridine rings is 1. The third-order valence-electron chi connectivity index (χ3n) is 8.98. The van der Waals surface area contributed by atoms with E-state index < -0.39 is 0 Å². The molecule has 5 N–H and O–H groups in total. The first-order valence-electron chi connectivity index (χ1n) is 16.2. The second-order valence-corrected chi connectivity index (χ2v) is 13.4. The number of nitrogens with one attached hydrogen (secondary N) is 2. The van der Waals surface area contributed by atoms with Crippen LogP contribution in [-0.2, 0) is 6.61 Å². The Morgan fingerprint density at radius 1 is 1.09 bits per heavy atom. The summed E-state index contributed by atoms with van der Waals surface area (Å²) < 4.78 is 8.65.